The van der Waals surface area contributed by atoms with Gasteiger partial charge in [-0.25, -0.2) is 9.59 Å². The molecule has 24 heavy (non-hydrogen) atoms. The molecule has 0 unspecified atom stereocenters. The second kappa shape index (κ2) is 4.69. The average molecular weight is 336 g/mol. The van der Waals surface area contributed by atoms with Gasteiger partial charge in [0.05, 0.1) is 5.60 Å². The summed E-state index contributed by atoms with van der Waals surface area (Å²) in [5.41, 5.74) is -3.81. The van der Waals surface area contributed by atoms with Crippen molar-refractivity contribution in [2.24, 2.45) is 0 Å². The number of esters is 2. The maximum atomic E-state index is 13.1. The number of rotatable bonds is 1. The molecule has 0 amide bonds. The second-order valence-electron chi connectivity index (χ2n) is 8.30. The molecule has 0 radical (unpaired) electrons. The van der Waals surface area contributed by atoms with E-state index in [0.717, 1.165) is 0 Å². The van der Waals surface area contributed by atoms with Gasteiger partial charge in [-0.2, -0.15) is 0 Å². The number of fused-ring (bicyclic) bond motifs is 3. The summed E-state index contributed by atoms with van der Waals surface area (Å²) in [6.45, 7) is 10.4. The molecule has 6 heteroatoms. The molecule has 3 aliphatic rings. The highest BCUT2D eigenvalue weighted by molar-refractivity contribution is 6.12. The van der Waals surface area contributed by atoms with E-state index in [4.69, 9.17) is 14.2 Å². The molecule has 3 aliphatic heterocycles. The lowest BCUT2D eigenvalue weighted by Gasteiger charge is -2.41. The topological polar surface area (TPSA) is 78.9 Å². The van der Waals surface area contributed by atoms with Gasteiger partial charge in [-0.05, 0) is 53.5 Å². The first-order valence-corrected chi connectivity index (χ1v) is 8.25. The van der Waals surface area contributed by atoms with Crippen molar-refractivity contribution >= 4 is 17.7 Å². The highest BCUT2D eigenvalue weighted by atomic mass is 16.6. The van der Waals surface area contributed by atoms with Gasteiger partial charge in [0.25, 0.3) is 5.60 Å². The highest BCUT2D eigenvalue weighted by Crippen LogP contribution is 2.59. The Morgan fingerprint density at radius 2 is 1.83 bits per heavy atom. The first-order valence-electron chi connectivity index (χ1n) is 8.25. The summed E-state index contributed by atoms with van der Waals surface area (Å²) >= 11 is 0. The molecule has 2 saturated heterocycles. The summed E-state index contributed by atoms with van der Waals surface area (Å²) in [5.74, 6) is -1.66. The van der Waals surface area contributed by atoms with Crippen LogP contribution in [0.25, 0.3) is 0 Å². The fourth-order valence-electron chi connectivity index (χ4n) is 4.06. The van der Waals surface area contributed by atoms with Crippen molar-refractivity contribution in [1.82, 2.24) is 0 Å². The summed E-state index contributed by atoms with van der Waals surface area (Å²) in [5, 5.41) is 0. The van der Waals surface area contributed by atoms with Gasteiger partial charge in [-0.3, -0.25) is 4.79 Å². The molecule has 0 saturated carbocycles. The van der Waals surface area contributed by atoms with Crippen LogP contribution in [0.1, 0.15) is 60.8 Å². The quantitative estimate of drug-likeness (QED) is 0.540. The van der Waals surface area contributed by atoms with Crippen LogP contribution in [-0.4, -0.2) is 40.1 Å². The molecule has 0 aromatic heterocycles. The van der Waals surface area contributed by atoms with Gasteiger partial charge in [-0.15, -0.1) is 0 Å². The van der Waals surface area contributed by atoms with Crippen LogP contribution < -0.4 is 0 Å². The summed E-state index contributed by atoms with van der Waals surface area (Å²) in [7, 11) is 0. The molecule has 3 atom stereocenters. The molecule has 2 fully saturated rings. The summed E-state index contributed by atoms with van der Waals surface area (Å²) in [6, 6.07) is 0. The molecule has 1 spiro atoms. The van der Waals surface area contributed by atoms with Crippen molar-refractivity contribution in [3.05, 3.63) is 11.1 Å². The molecule has 3 rings (SSSR count). The van der Waals surface area contributed by atoms with E-state index in [1.54, 1.807) is 34.6 Å². The van der Waals surface area contributed by atoms with Crippen LogP contribution in [0, 0.1) is 0 Å². The maximum absolute atomic E-state index is 13.1. The number of Topliss-reactive ketones (excluding diaryl/α,β-unsaturated/α-hetero) is 1. The van der Waals surface area contributed by atoms with E-state index in [-0.39, 0.29) is 18.6 Å². The van der Waals surface area contributed by atoms with Crippen LogP contribution in [0.2, 0.25) is 0 Å². The number of hydrogen-bond donors (Lipinski definition) is 0. The zero-order valence-corrected chi connectivity index (χ0v) is 15.1. The van der Waals surface area contributed by atoms with E-state index in [9.17, 15) is 14.4 Å². The molecular weight excluding hydrogens is 312 g/mol. The fourth-order valence-corrected chi connectivity index (χ4v) is 4.06. The zero-order chi connectivity index (χ0) is 18.1. The predicted molar refractivity (Wildman–Crippen MR) is 84.1 cm³/mol. The third kappa shape index (κ3) is 2.01. The van der Waals surface area contributed by atoms with Gasteiger partial charge in [0.1, 0.15) is 5.60 Å². The third-order valence-corrected chi connectivity index (χ3v) is 5.29. The number of ketones is 1. The van der Waals surface area contributed by atoms with Gasteiger partial charge >= 0.3 is 11.9 Å². The third-order valence-electron chi connectivity index (χ3n) is 5.29. The van der Waals surface area contributed by atoms with E-state index in [0.29, 0.717) is 17.6 Å². The van der Waals surface area contributed by atoms with E-state index < -0.39 is 34.3 Å². The van der Waals surface area contributed by atoms with Crippen molar-refractivity contribution in [2.45, 2.75) is 83.2 Å². The zero-order valence-electron chi connectivity index (χ0n) is 15.1. The van der Waals surface area contributed by atoms with Gasteiger partial charge in [0.2, 0.25) is 0 Å². The van der Waals surface area contributed by atoms with Crippen LogP contribution in [0.5, 0.6) is 0 Å². The highest BCUT2D eigenvalue weighted by Gasteiger charge is 2.78. The monoisotopic (exact) mass is 336 g/mol. The minimum atomic E-state index is -1.91. The Kier molecular flexibility index (Phi) is 3.35. The van der Waals surface area contributed by atoms with E-state index in [1.165, 1.54) is 0 Å². The average Bonchev–Trinajstić information content (AvgIpc) is 2.79. The normalized spacial score (nSPS) is 38.8. The molecule has 0 aromatic carbocycles. The Morgan fingerprint density at radius 1 is 1.21 bits per heavy atom. The van der Waals surface area contributed by atoms with Crippen LogP contribution in [0.3, 0.4) is 0 Å². The number of ether oxygens (including phenoxy) is 3. The number of hydrogen-bond acceptors (Lipinski definition) is 6. The van der Waals surface area contributed by atoms with E-state index >= 15 is 0 Å². The summed E-state index contributed by atoms with van der Waals surface area (Å²) in [6.07, 6.45) is 0.962. The smallest absolute Gasteiger partial charge is 0.351 e. The SMILES string of the molecule is CC1=C(C)[C@]2(C[C@]3(C)CCC(=O)[C@@]2(C(=O)OC(C)(C)C)O3)OC1=O. The molecule has 0 aromatic rings. The minimum absolute atomic E-state index is 0.196. The second-order valence-corrected chi connectivity index (χ2v) is 8.30. The van der Waals surface area contributed by atoms with Crippen molar-refractivity contribution in [3.8, 4) is 0 Å². The lowest BCUT2D eigenvalue weighted by atomic mass is 9.74. The maximum Gasteiger partial charge on any atom is 0.351 e. The van der Waals surface area contributed by atoms with E-state index in [2.05, 4.69) is 0 Å². The van der Waals surface area contributed by atoms with Crippen molar-refractivity contribution in [1.29, 1.82) is 0 Å². The summed E-state index contributed by atoms with van der Waals surface area (Å²) in [4.78, 5) is 38.2. The minimum Gasteiger partial charge on any atom is -0.457 e. The number of carbonyl (C=O) groups excluding carboxylic acids is 3. The fraction of sp³-hybridized carbons (Fsp3) is 0.722. The Morgan fingerprint density at radius 3 is 2.33 bits per heavy atom. The molecule has 132 valence electrons. The van der Waals surface area contributed by atoms with Crippen LogP contribution >= 0.6 is 0 Å². The molecule has 3 heterocycles. The Balaban J connectivity index is 2.20. The number of carbonyl (C=O) groups is 3. The Bertz CT molecular complexity index is 684. The van der Waals surface area contributed by atoms with Gasteiger partial charge in [-0.1, -0.05) is 0 Å². The molecule has 0 N–H and O–H groups in total. The first kappa shape index (κ1) is 17.1. The van der Waals surface area contributed by atoms with Crippen molar-refractivity contribution < 1.29 is 28.6 Å². The predicted octanol–water partition coefficient (Wildman–Crippen LogP) is 2.24. The van der Waals surface area contributed by atoms with Crippen LogP contribution in [-0.2, 0) is 28.6 Å². The van der Waals surface area contributed by atoms with Crippen LogP contribution in [0.4, 0.5) is 0 Å². The molecule has 0 aliphatic carbocycles. The lowest BCUT2D eigenvalue weighted by molar-refractivity contribution is -0.213. The Labute approximate surface area is 141 Å². The molecule has 6 nitrogen and oxygen atoms in total. The largest absolute Gasteiger partial charge is 0.457 e. The standard InChI is InChI=1S/C18H24O6/c1-10-11(2)17(22-13(10)20)9-16(6)8-7-12(19)18(17,24-16)14(21)23-15(3,4)5/h7-9H2,1-6H3/t16-,17-,18-/m0/s1. The lowest BCUT2D eigenvalue weighted by Crippen LogP contribution is -2.65. The summed E-state index contributed by atoms with van der Waals surface area (Å²) < 4.78 is 17.2. The van der Waals surface area contributed by atoms with Crippen molar-refractivity contribution in [3.63, 3.8) is 0 Å². The van der Waals surface area contributed by atoms with E-state index in [1.807, 2.05) is 6.92 Å². The van der Waals surface area contributed by atoms with Crippen molar-refractivity contribution in [2.75, 3.05) is 0 Å². The van der Waals surface area contributed by atoms with Gasteiger partial charge in [0.15, 0.2) is 11.4 Å². The van der Waals surface area contributed by atoms with Crippen LogP contribution in [0.15, 0.2) is 11.1 Å². The molecule has 2 bridgehead atoms. The first-order chi connectivity index (χ1) is 10.9. The van der Waals surface area contributed by atoms with Gasteiger partial charge in [0, 0.05) is 18.4 Å². The molecular formula is C18H24O6. The Hall–Kier alpha value is -1.69. The van der Waals surface area contributed by atoms with Gasteiger partial charge < -0.3 is 14.2 Å².